The fourth-order valence-electron chi connectivity index (χ4n) is 4.74. The van der Waals surface area contributed by atoms with E-state index in [0.29, 0.717) is 33.8 Å². The second kappa shape index (κ2) is 10.5. The first-order valence-corrected chi connectivity index (χ1v) is 12.6. The number of hydrogen-bond acceptors (Lipinski definition) is 5. The number of halogens is 1. The van der Waals surface area contributed by atoms with Crippen molar-refractivity contribution in [3.05, 3.63) is 102 Å². The van der Waals surface area contributed by atoms with Crippen molar-refractivity contribution in [2.45, 2.75) is 19.3 Å². The van der Waals surface area contributed by atoms with Crippen molar-refractivity contribution in [1.82, 2.24) is 10.2 Å². The van der Waals surface area contributed by atoms with Gasteiger partial charge in [0.1, 0.15) is 5.82 Å². The lowest BCUT2D eigenvalue weighted by Gasteiger charge is -2.27. The molecule has 5 aromatic rings. The molecule has 5 rings (SSSR count). The Labute approximate surface area is 231 Å². The zero-order valence-corrected chi connectivity index (χ0v) is 22.5. The number of nitrogens with zero attached hydrogens (tertiary/aromatic N) is 3. The van der Waals surface area contributed by atoms with Gasteiger partial charge in [-0.25, -0.2) is 4.39 Å². The molecule has 7 nitrogen and oxygen atoms in total. The molecule has 0 spiro atoms. The van der Waals surface area contributed by atoms with Gasteiger partial charge in [0.2, 0.25) is 0 Å². The lowest BCUT2D eigenvalue weighted by molar-refractivity contribution is 0.0996. The van der Waals surface area contributed by atoms with Crippen molar-refractivity contribution >= 4 is 28.2 Å². The number of amides is 1. The van der Waals surface area contributed by atoms with E-state index < -0.39 is 17.1 Å². The van der Waals surface area contributed by atoms with E-state index in [-0.39, 0.29) is 5.69 Å². The number of nitrogens with one attached hydrogen (secondary N) is 1. The summed E-state index contributed by atoms with van der Waals surface area (Å²) in [4.78, 5) is 15.8. The number of rotatable bonds is 7. The number of aromatic amines is 1. The first-order chi connectivity index (χ1) is 19.3. The molecule has 1 heterocycles. The quantitative estimate of drug-likeness (QED) is 0.239. The Morgan fingerprint density at radius 1 is 0.925 bits per heavy atom. The molecule has 0 unspecified atom stereocenters. The van der Waals surface area contributed by atoms with Crippen molar-refractivity contribution in [2.24, 2.45) is 0 Å². The number of nitriles is 1. The van der Waals surface area contributed by atoms with E-state index in [9.17, 15) is 14.4 Å². The number of ether oxygens (including phenoxy) is 2. The van der Waals surface area contributed by atoms with Gasteiger partial charge in [-0.05, 0) is 73.0 Å². The van der Waals surface area contributed by atoms with Crippen molar-refractivity contribution in [2.75, 3.05) is 19.1 Å². The Morgan fingerprint density at radius 3 is 2.33 bits per heavy atom. The maximum absolute atomic E-state index is 14.3. The van der Waals surface area contributed by atoms with Gasteiger partial charge in [0.15, 0.2) is 17.2 Å². The van der Waals surface area contributed by atoms with Gasteiger partial charge >= 0.3 is 0 Å². The number of fused-ring (bicyclic) bond motifs is 1. The molecule has 0 saturated carbocycles. The summed E-state index contributed by atoms with van der Waals surface area (Å²) in [5.74, 6) is -0.0197. The van der Waals surface area contributed by atoms with Gasteiger partial charge in [-0.15, -0.1) is 0 Å². The van der Waals surface area contributed by atoms with Gasteiger partial charge in [0.05, 0.1) is 36.9 Å². The average Bonchev–Trinajstić information content (AvgIpc) is 3.40. The first-order valence-electron chi connectivity index (χ1n) is 12.6. The van der Waals surface area contributed by atoms with Crippen LogP contribution in [0.15, 0.2) is 84.9 Å². The molecular formula is C32H27FN4O3. The van der Waals surface area contributed by atoms with Crippen LogP contribution >= 0.6 is 0 Å². The van der Waals surface area contributed by atoms with E-state index in [4.69, 9.17) is 9.47 Å². The number of methoxy groups -OCH3 is 2. The number of aromatic nitrogens is 2. The van der Waals surface area contributed by atoms with Crippen LogP contribution in [-0.2, 0) is 5.41 Å². The molecule has 8 heteroatoms. The smallest absolute Gasteiger partial charge is 0.283 e. The molecule has 0 saturated heterocycles. The summed E-state index contributed by atoms with van der Waals surface area (Å²) in [5.41, 5.74) is 3.34. The topological polar surface area (TPSA) is 91.2 Å². The van der Waals surface area contributed by atoms with Crippen LogP contribution in [0.4, 0.5) is 15.8 Å². The highest BCUT2D eigenvalue weighted by Crippen LogP contribution is 2.40. The number of benzene rings is 4. The second-order valence-electron chi connectivity index (χ2n) is 9.77. The minimum absolute atomic E-state index is 0.0620. The molecule has 40 heavy (non-hydrogen) atoms. The first kappa shape index (κ1) is 26.4. The largest absolute Gasteiger partial charge is 0.493 e. The maximum atomic E-state index is 14.3. The van der Waals surface area contributed by atoms with Crippen molar-refractivity contribution in [1.29, 1.82) is 5.26 Å². The number of carbonyl (C=O) groups is 1. The third-order valence-electron chi connectivity index (χ3n) is 6.85. The van der Waals surface area contributed by atoms with Crippen LogP contribution < -0.4 is 14.4 Å². The van der Waals surface area contributed by atoms with Gasteiger partial charge in [-0.2, -0.15) is 10.4 Å². The SMILES string of the molecule is COc1ccc(N(C(=O)c2n[nH]c3ccc(F)cc23)c2ccc(C(C)(C)C#N)c(-c3ccccc3)c2)cc1OC. The Balaban J connectivity index is 1.76. The molecule has 0 bridgehead atoms. The van der Waals surface area contributed by atoms with E-state index in [1.54, 1.807) is 30.3 Å². The van der Waals surface area contributed by atoms with Crippen molar-refractivity contribution < 1.29 is 18.7 Å². The zero-order valence-electron chi connectivity index (χ0n) is 22.5. The van der Waals surface area contributed by atoms with Gasteiger partial charge in [0.25, 0.3) is 5.91 Å². The Morgan fingerprint density at radius 2 is 1.62 bits per heavy atom. The van der Waals surface area contributed by atoms with Crippen LogP contribution in [0.3, 0.4) is 0 Å². The van der Waals surface area contributed by atoms with Gasteiger partial charge in [-0.3, -0.25) is 14.8 Å². The second-order valence-corrected chi connectivity index (χ2v) is 9.77. The predicted molar refractivity (Wildman–Crippen MR) is 153 cm³/mol. The third-order valence-corrected chi connectivity index (χ3v) is 6.85. The third kappa shape index (κ3) is 4.74. The van der Waals surface area contributed by atoms with Crippen LogP contribution in [-0.4, -0.2) is 30.3 Å². The maximum Gasteiger partial charge on any atom is 0.283 e. The summed E-state index contributed by atoms with van der Waals surface area (Å²) in [6.45, 7) is 3.71. The Hall–Kier alpha value is -5.16. The Kier molecular flexibility index (Phi) is 6.97. The van der Waals surface area contributed by atoms with E-state index in [0.717, 1.165) is 16.7 Å². The minimum Gasteiger partial charge on any atom is -0.493 e. The van der Waals surface area contributed by atoms with Crippen LogP contribution in [0.1, 0.15) is 29.9 Å². The standard InChI is InChI=1S/C32H27FN4O3/c1-32(2,19-34)26-13-11-22(17-24(26)20-8-6-5-7-9-20)37(23-12-15-28(39-3)29(18-23)40-4)31(38)30-25-16-21(33)10-14-27(25)35-36-30/h5-18H,1-4H3,(H,35,36). The minimum atomic E-state index is -0.794. The van der Waals surface area contributed by atoms with E-state index >= 15 is 0 Å². The molecule has 0 fully saturated rings. The molecule has 4 aromatic carbocycles. The summed E-state index contributed by atoms with van der Waals surface area (Å²) >= 11 is 0. The predicted octanol–water partition coefficient (Wildman–Crippen LogP) is 7.17. The van der Waals surface area contributed by atoms with Crippen molar-refractivity contribution in [3.8, 4) is 28.7 Å². The molecule has 1 aromatic heterocycles. The van der Waals surface area contributed by atoms with E-state index in [2.05, 4.69) is 16.3 Å². The summed E-state index contributed by atoms with van der Waals surface area (Å²) in [7, 11) is 3.05. The molecule has 200 valence electrons. The lowest BCUT2D eigenvalue weighted by atomic mass is 9.81. The fraction of sp³-hybridized carbons (Fsp3) is 0.156. The molecule has 1 N–H and O–H groups in total. The molecule has 1 amide bonds. The molecular weight excluding hydrogens is 507 g/mol. The van der Waals surface area contributed by atoms with Crippen molar-refractivity contribution in [3.63, 3.8) is 0 Å². The Bertz CT molecular complexity index is 1760. The number of anilines is 2. The zero-order chi connectivity index (χ0) is 28.4. The average molecular weight is 535 g/mol. The monoisotopic (exact) mass is 534 g/mol. The number of H-pyrrole nitrogens is 1. The van der Waals surface area contributed by atoms with Crippen LogP contribution in [0.2, 0.25) is 0 Å². The highest BCUT2D eigenvalue weighted by atomic mass is 19.1. The van der Waals surface area contributed by atoms with Crippen LogP contribution in [0, 0.1) is 17.1 Å². The van der Waals surface area contributed by atoms with Gasteiger partial charge in [-0.1, -0.05) is 36.4 Å². The van der Waals surface area contributed by atoms with Crippen LogP contribution in [0.5, 0.6) is 11.5 Å². The summed E-state index contributed by atoms with van der Waals surface area (Å²) in [5, 5.41) is 17.4. The highest BCUT2D eigenvalue weighted by molar-refractivity contribution is 6.16. The molecule has 0 aliphatic heterocycles. The van der Waals surface area contributed by atoms with E-state index in [1.807, 2.05) is 56.3 Å². The summed E-state index contributed by atoms with van der Waals surface area (Å²) in [6, 6.07) is 26.9. The van der Waals surface area contributed by atoms with E-state index in [1.165, 1.54) is 31.3 Å². The highest BCUT2D eigenvalue weighted by Gasteiger charge is 2.29. The summed E-state index contributed by atoms with van der Waals surface area (Å²) < 4.78 is 25.1. The number of hydrogen-bond donors (Lipinski definition) is 1. The molecule has 0 atom stereocenters. The summed E-state index contributed by atoms with van der Waals surface area (Å²) in [6.07, 6.45) is 0. The molecule has 0 aliphatic carbocycles. The fourth-order valence-corrected chi connectivity index (χ4v) is 4.74. The van der Waals surface area contributed by atoms with Gasteiger partial charge < -0.3 is 9.47 Å². The normalized spacial score (nSPS) is 11.2. The van der Waals surface area contributed by atoms with Crippen LogP contribution in [0.25, 0.3) is 22.0 Å². The number of carbonyl (C=O) groups excluding carboxylic acids is 1. The van der Waals surface area contributed by atoms with Gasteiger partial charge in [0, 0.05) is 17.1 Å². The lowest BCUT2D eigenvalue weighted by Crippen LogP contribution is -2.27. The molecule has 0 aliphatic rings. The molecule has 0 radical (unpaired) electrons.